The van der Waals surface area contributed by atoms with Gasteiger partial charge in [0.1, 0.15) is 27.8 Å². The molecular formula is C44H41B2N7O2. The summed E-state index contributed by atoms with van der Waals surface area (Å²) in [5.41, 5.74) is 7.43. The van der Waals surface area contributed by atoms with E-state index in [-0.39, 0.29) is 26.3 Å². The fourth-order valence-electron chi connectivity index (χ4n) is 8.65. The topological polar surface area (TPSA) is 58.6 Å². The molecule has 9 nitrogen and oxygen atoms in total. The van der Waals surface area contributed by atoms with Gasteiger partial charge in [-0.05, 0) is 88.4 Å². The molecule has 4 aliphatic heterocycles. The fraction of sp³-hybridized carbons (Fsp3) is 0.159. The number of fused-ring (bicyclic) bond motifs is 8. The predicted octanol–water partition coefficient (Wildman–Crippen LogP) is 5.55. The van der Waals surface area contributed by atoms with Crippen molar-refractivity contribution in [2.24, 2.45) is 0 Å². The summed E-state index contributed by atoms with van der Waals surface area (Å²) < 4.78 is 36.3. The van der Waals surface area contributed by atoms with Crippen LogP contribution in [-0.2, 0) is 0 Å². The number of para-hydroxylation sites is 5. The number of nitrogens with zero attached hydrogens (tertiary/aromatic N) is 7. The summed E-state index contributed by atoms with van der Waals surface area (Å²) in [6.07, 6.45) is 5.91. The van der Waals surface area contributed by atoms with Gasteiger partial charge in [-0.25, -0.2) is 4.98 Å². The largest absolute Gasteiger partial charge is 0.457 e. The van der Waals surface area contributed by atoms with Crippen LogP contribution >= 0.6 is 0 Å². The van der Waals surface area contributed by atoms with Crippen LogP contribution in [0.1, 0.15) is 18.0 Å². The van der Waals surface area contributed by atoms with Gasteiger partial charge < -0.3 is 37.9 Å². The highest BCUT2D eigenvalue weighted by atomic mass is 16.3. The number of anilines is 5. The molecule has 7 aromatic rings. The van der Waals surface area contributed by atoms with Crippen LogP contribution in [0.25, 0.3) is 46.3 Å². The van der Waals surface area contributed by atoms with Crippen molar-refractivity contribution in [3.05, 3.63) is 143 Å². The molecule has 0 radical (unpaired) electrons. The molecule has 11 rings (SSSR count). The van der Waals surface area contributed by atoms with Gasteiger partial charge in [-0.15, -0.1) is 0 Å². The highest BCUT2D eigenvalue weighted by molar-refractivity contribution is 6.76. The van der Waals surface area contributed by atoms with Crippen molar-refractivity contribution in [2.45, 2.75) is 26.2 Å². The number of pyridine rings is 1. The van der Waals surface area contributed by atoms with Gasteiger partial charge in [0.25, 0.3) is 0 Å². The zero-order valence-corrected chi connectivity index (χ0v) is 31.1. The van der Waals surface area contributed by atoms with Crippen LogP contribution in [0.3, 0.4) is 0 Å². The summed E-state index contributed by atoms with van der Waals surface area (Å²) in [6.45, 7) is 1.78. The van der Waals surface area contributed by atoms with Crippen molar-refractivity contribution in [3.63, 3.8) is 0 Å². The second-order valence-electron chi connectivity index (χ2n) is 14.5. The van der Waals surface area contributed by atoms with E-state index in [0.717, 1.165) is 71.8 Å². The lowest BCUT2D eigenvalue weighted by molar-refractivity contribution is 0.571. The lowest BCUT2D eigenvalue weighted by Gasteiger charge is -2.36. The first-order valence-electron chi connectivity index (χ1n) is 20.2. The highest BCUT2D eigenvalue weighted by Crippen LogP contribution is 2.43. The molecule has 4 aliphatic rings. The number of benzene rings is 4. The lowest BCUT2D eigenvalue weighted by Crippen LogP contribution is -2.56. The monoisotopic (exact) mass is 724 g/mol. The van der Waals surface area contributed by atoms with Gasteiger partial charge in [-0.2, -0.15) is 0 Å². The molecule has 0 N–H and O–H groups in total. The van der Waals surface area contributed by atoms with E-state index in [2.05, 4.69) is 111 Å². The number of hydrogen-bond acceptors (Lipinski definition) is 9. The second kappa shape index (κ2) is 12.8. The molecule has 0 saturated carbocycles. The first kappa shape index (κ1) is 29.9. The van der Waals surface area contributed by atoms with Gasteiger partial charge in [0.15, 0.2) is 0 Å². The Labute approximate surface area is 325 Å². The quantitative estimate of drug-likeness (QED) is 0.219. The highest BCUT2D eigenvalue weighted by Gasteiger charge is 2.43. The molecule has 7 heterocycles. The van der Waals surface area contributed by atoms with Crippen molar-refractivity contribution >= 4 is 88.8 Å². The van der Waals surface area contributed by atoms with Crippen LogP contribution in [0.5, 0.6) is 0 Å². The molecule has 2 atom stereocenters. The Bertz CT molecular complexity index is 2960. The zero-order valence-electron chi connectivity index (χ0n) is 34.1. The Morgan fingerprint density at radius 2 is 1.15 bits per heavy atom. The molecule has 0 bridgehead atoms. The van der Waals surface area contributed by atoms with Crippen molar-refractivity contribution in [1.29, 1.82) is 0 Å². The molecule has 11 heteroatoms. The van der Waals surface area contributed by atoms with E-state index < -0.39 is 6.98 Å². The van der Waals surface area contributed by atoms with Gasteiger partial charge in [0.05, 0.1) is 29.4 Å². The third-order valence-corrected chi connectivity index (χ3v) is 11.3. The molecule has 0 aliphatic carbocycles. The number of rotatable bonds is 3. The summed E-state index contributed by atoms with van der Waals surface area (Å²) in [4.78, 5) is 17.5. The summed E-state index contributed by atoms with van der Waals surface area (Å²) >= 11 is 0. The minimum atomic E-state index is -2.22. The average Bonchev–Trinajstić information content (AvgIpc) is 3.94. The van der Waals surface area contributed by atoms with Crippen LogP contribution in [0.4, 0.5) is 28.6 Å². The van der Waals surface area contributed by atoms with Gasteiger partial charge in [-0.3, -0.25) is 0 Å². The zero-order chi connectivity index (χ0) is 39.9. The Hall–Kier alpha value is -6.48. The summed E-state index contributed by atoms with van der Waals surface area (Å²) in [5, 5.41) is 4.42. The molecule has 4 aromatic carbocycles. The van der Waals surface area contributed by atoms with Gasteiger partial charge >= 0.3 is 14.0 Å². The SMILES string of the molecule is C[C@@H]1N(B2C=c3oc4ccccc4c3=CN2C)c2ncccc2N1c1ccccc1.[2H]C([2H])([2H])N1c2ccccc2N(B2C=c3oc4ccccc4c3=CN2C)[C@H]1C. The fourth-order valence-corrected chi connectivity index (χ4v) is 8.65. The summed E-state index contributed by atoms with van der Waals surface area (Å²) in [6, 6.07) is 38.5. The van der Waals surface area contributed by atoms with E-state index in [1.807, 2.05) is 86.9 Å². The van der Waals surface area contributed by atoms with Gasteiger partial charge in [0.2, 0.25) is 0 Å². The van der Waals surface area contributed by atoms with Gasteiger partial charge in [-0.1, -0.05) is 66.7 Å². The lowest BCUT2D eigenvalue weighted by atomic mass is 9.69. The van der Waals surface area contributed by atoms with Crippen molar-refractivity contribution in [1.82, 2.24) is 14.6 Å². The van der Waals surface area contributed by atoms with Crippen LogP contribution in [0, 0.1) is 0 Å². The standard InChI is InChI=1S/C24H21BN4O.C20H20BN3O/c1-17-28(18-9-4-3-5-10-18)21-12-8-14-26-24(21)29(17)25-15-23-20(16-27(25)2)19-11-6-7-13-22(19)30-23;1-14-23(3)17-9-5-6-10-18(17)24(14)21-12-20-16(13-22(21)2)15-8-4-7-11-19(15)25-20/h3-17H,1-2H3;4-14H,1-3H3/t17-;14-/m00/s1/i;3D3. The molecule has 3 aromatic heterocycles. The first-order chi connectivity index (χ1) is 28.1. The van der Waals surface area contributed by atoms with Crippen LogP contribution in [-0.4, -0.2) is 62.0 Å². The predicted molar refractivity (Wildman–Crippen MR) is 227 cm³/mol. The van der Waals surface area contributed by atoms with E-state index in [1.165, 1.54) is 4.90 Å². The van der Waals surface area contributed by atoms with Crippen LogP contribution < -0.4 is 40.7 Å². The second-order valence-corrected chi connectivity index (χ2v) is 14.5. The maximum atomic E-state index is 8.02. The Morgan fingerprint density at radius 3 is 1.78 bits per heavy atom. The maximum Gasteiger partial charge on any atom is 0.409 e. The molecule has 0 saturated heterocycles. The summed E-state index contributed by atoms with van der Waals surface area (Å²) in [7, 11) is 4.13. The number of furan rings is 2. The maximum absolute atomic E-state index is 8.02. The number of aromatic nitrogens is 1. The van der Waals surface area contributed by atoms with E-state index in [0.29, 0.717) is 0 Å². The van der Waals surface area contributed by atoms with E-state index in [9.17, 15) is 0 Å². The average molecular weight is 725 g/mol. The van der Waals surface area contributed by atoms with Crippen molar-refractivity contribution < 1.29 is 12.9 Å². The molecule has 0 spiro atoms. The van der Waals surface area contributed by atoms with Crippen molar-refractivity contribution in [3.8, 4) is 0 Å². The Balaban J connectivity index is 0.000000141. The molecule has 0 fully saturated rings. The van der Waals surface area contributed by atoms with Crippen LogP contribution in [0.2, 0.25) is 0 Å². The van der Waals surface area contributed by atoms with E-state index >= 15 is 0 Å². The molecule has 0 unspecified atom stereocenters. The molecular weight excluding hydrogens is 680 g/mol. The molecule has 0 amide bonds. The minimum Gasteiger partial charge on any atom is -0.457 e. The Kier molecular flexibility index (Phi) is 6.98. The van der Waals surface area contributed by atoms with Gasteiger partial charge in [0, 0.05) is 56.6 Å². The number of hydrogen-bond donors (Lipinski definition) is 0. The normalized spacial score (nSPS) is 19.2. The first-order valence-corrected chi connectivity index (χ1v) is 18.7. The van der Waals surface area contributed by atoms with Crippen molar-refractivity contribution in [2.75, 3.05) is 40.5 Å². The minimum absolute atomic E-state index is 0.00424. The Morgan fingerprint density at radius 1 is 0.600 bits per heavy atom. The third kappa shape index (κ3) is 5.21. The molecule has 55 heavy (non-hydrogen) atoms. The molecule has 270 valence electrons. The van der Waals surface area contributed by atoms with E-state index in [1.54, 1.807) is 0 Å². The van der Waals surface area contributed by atoms with E-state index in [4.69, 9.17) is 17.9 Å². The third-order valence-electron chi connectivity index (χ3n) is 11.3. The van der Waals surface area contributed by atoms with Crippen LogP contribution in [0.15, 0.2) is 130 Å². The summed E-state index contributed by atoms with van der Waals surface area (Å²) in [5.74, 6) is 5.26. The smallest absolute Gasteiger partial charge is 0.409 e.